The molecule has 4 aromatic rings. The van der Waals surface area contributed by atoms with Gasteiger partial charge in [-0.25, -0.2) is 19.2 Å². The van der Waals surface area contributed by atoms with Gasteiger partial charge in [0.05, 0.1) is 27.3 Å². The summed E-state index contributed by atoms with van der Waals surface area (Å²) in [6, 6.07) is 15.0. The molecule has 19 nitrogen and oxygen atoms in total. The van der Waals surface area contributed by atoms with Crippen molar-refractivity contribution in [2.75, 3.05) is 40.4 Å². The van der Waals surface area contributed by atoms with Crippen LogP contribution in [0.5, 0.6) is 0 Å². The number of rotatable bonds is 16. The molecule has 432 valence electrons. The number of ether oxygens (including phenoxy) is 3. The predicted octanol–water partition coefficient (Wildman–Crippen LogP) is 10.3. The molecule has 2 aliphatic heterocycles. The number of aromatic nitrogens is 2. The van der Waals surface area contributed by atoms with E-state index in [4.69, 9.17) is 23.9 Å². The minimum atomic E-state index is -0.865. The highest BCUT2D eigenvalue weighted by atomic mass is 16.8. The van der Waals surface area contributed by atoms with E-state index in [2.05, 4.69) is 56.4 Å². The van der Waals surface area contributed by atoms with Crippen LogP contribution in [0.1, 0.15) is 143 Å². The van der Waals surface area contributed by atoms with Gasteiger partial charge in [-0.05, 0) is 141 Å². The highest BCUT2D eigenvalue weighted by molar-refractivity contribution is 5.89. The lowest BCUT2D eigenvalue weighted by Gasteiger charge is -2.35. The monoisotopic (exact) mass is 1090 g/mol. The van der Waals surface area contributed by atoms with E-state index >= 15 is 0 Å². The predicted molar refractivity (Wildman–Crippen MR) is 300 cm³/mol. The Bertz CT molecular complexity index is 2560. The number of benzene rings is 2. The number of nitrogens with one attached hydrogen (secondary N) is 2. The molecular formula is C60H86N8O11. The van der Waals surface area contributed by atoms with Crippen LogP contribution in [0, 0.1) is 11.8 Å². The van der Waals surface area contributed by atoms with Crippen LogP contribution in [0.15, 0.2) is 60.9 Å². The summed E-state index contributed by atoms with van der Waals surface area (Å²) in [5.74, 6) is -0.301. The van der Waals surface area contributed by atoms with E-state index in [9.17, 15) is 28.8 Å². The first-order valence-electron chi connectivity index (χ1n) is 29.0. The minimum Gasteiger partial charge on any atom is -0.442 e. The second-order valence-corrected chi connectivity index (χ2v) is 24.2. The van der Waals surface area contributed by atoms with E-state index in [1.54, 1.807) is 41.5 Å². The Morgan fingerprint density at radius 3 is 1.30 bits per heavy atom. The lowest BCUT2D eigenvalue weighted by atomic mass is 9.83. The fourth-order valence-corrected chi connectivity index (χ4v) is 12.3. The van der Waals surface area contributed by atoms with Crippen molar-refractivity contribution in [3.8, 4) is 0 Å². The van der Waals surface area contributed by atoms with Crippen molar-refractivity contribution < 1.29 is 52.7 Å². The molecule has 2 saturated carbocycles. The summed E-state index contributed by atoms with van der Waals surface area (Å²) in [5.41, 5.74) is 2.96. The summed E-state index contributed by atoms with van der Waals surface area (Å²) in [6.07, 6.45) is 15.2. The molecule has 8 rings (SSSR count). The molecule has 0 bridgehead atoms. The van der Waals surface area contributed by atoms with E-state index in [0.717, 1.165) is 133 Å². The molecule has 6 amide bonds. The number of nitrogens with zero attached hydrogens (tertiary/aromatic N) is 6. The fraction of sp³-hybridized carbons (Fsp3) is 0.633. The normalized spacial score (nSPS) is 19.2. The molecule has 0 spiro atoms. The third-order valence-electron chi connectivity index (χ3n) is 16.0. The highest BCUT2D eigenvalue weighted by Crippen LogP contribution is 2.34. The Morgan fingerprint density at radius 2 is 0.924 bits per heavy atom. The van der Waals surface area contributed by atoms with Gasteiger partial charge in [-0.15, -0.1) is 10.1 Å². The molecule has 4 atom stereocenters. The number of para-hydroxylation sites is 2. The van der Waals surface area contributed by atoms with Gasteiger partial charge in [-0.2, -0.15) is 0 Å². The summed E-state index contributed by atoms with van der Waals surface area (Å²) >= 11 is 0. The van der Waals surface area contributed by atoms with Gasteiger partial charge >= 0.3 is 24.4 Å². The molecule has 2 N–H and O–H groups in total. The van der Waals surface area contributed by atoms with E-state index in [1.165, 1.54) is 14.1 Å². The van der Waals surface area contributed by atoms with Crippen LogP contribution in [0.25, 0.3) is 21.8 Å². The Balaban J connectivity index is 0.877. The van der Waals surface area contributed by atoms with Crippen molar-refractivity contribution in [3.05, 3.63) is 72.1 Å². The van der Waals surface area contributed by atoms with Crippen LogP contribution in [0.3, 0.4) is 0 Å². The van der Waals surface area contributed by atoms with Crippen LogP contribution in [0.4, 0.5) is 19.2 Å². The van der Waals surface area contributed by atoms with E-state index in [-0.39, 0.29) is 35.7 Å². The Kier molecular flexibility index (Phi) is 19.4. The fourth-order valence-electron chi connectivity index (χ4n) is 12.3. The van der Waals surface area contributed by atoms with Crippen molar-refractivity contribution in [2.45, 2.75) is 193 Å². The first kappa shape index (κ1) is 58.6. The number of hydroxylamine groups is 4. The van der Waals surface area contributed by atoms with Gasteiger partial charge in [0.15, 0.2) is 0 Å². The summed E-state index contributed by atoms with van der Waals surface area (Å²) in [4.78, 5) is 95.5. The zero-order chi connectivity index (χ0) is 56.4. The van der Waals surface area contributed by atoms with Gasteiger partial charge in [0.1, 0.15) is 23.3 Å². The van der Waals surface area contributed by atoms with Crippen LogP contribution in [-0.2, 0) is 59.4 Å². The SMILES string of the molecule is CN(OC(=O)N[C@H](C(=O)N1CCC[C@H]1Cc1cn(CCOCCn2cc(C[C@@H]3CCCN3C(=O)[C@@H](NC(=O)ON(C)C(=O)OC(C)(C)C)C3CCCCC3)c3ccccc32)c2ccccc12)C1CCCCC1)C(=O)OC(C)(C)C. The van der Waals surface area contributed by atoms with Gasteiger partial charge in [0.2, 0.25) is 11.8 Å². The lowest BCUT2D eigenvalue weighted by Crippen LogP contribution is -2.55. The summed E-state index contributed by atoms with van der Waals surface area (Å²) in [7, 11) is 2.64. The maximum Gasteiger partial charge on any atom is 0.443 e. The van der Waals surface area contributed by atoms with Gasteiger partial charge < -0.3 is 53.5 Å². The smallest absolute Gasteiger partial charge is 0.442 e. The molecule has 4 heterocycles. The largest absolute Gasteiger partial charge is 0.443 e. The lowest BCUT2D eigenvalue weighted by molar-refractivity contribution is -0.137. The quantitative estimate of drug-likeness (QED) is 0.0800. The molecule has 4 fully saturated rings. The van der Waals surface area contributed by atoms with E-state index in [1.807, 2.05) is 34.1 Å². The first-order valence-corrected chi connectivity index (χ1v) is 29.0. The highest BCUT2D eigenvalue weighted by Gasteiger charge is 2.41. The number of carbonyl (C=O) groups is 6. The second-order valence-electron chi connectivity index (χ2n) is 24.2. The molecule has 4 aliphatic rings. The molecule has 2 saturated heterocycles. The van der Waals surface area contributed by atoms with Crippen molar-refractivity contribution in [2.24, 2.45) is 11.8 Å². The number of fused-ring (bicyclic) bond motifs is 2. The molecule has 0 unspecified atom stereocenters. The molecule has 2 aliphatic carbocycles. The summed E-state index contributed by atoms with van der Waals surface area (Å²) in [6.45, 7) is 13.9. The van der Waals surface area contributed by atoms with Crippen molar-refractivity contribution in [1.82, 2.24) is 39.7 Å². The van der Waals surface area contributed by atoms with Crippen LogP contribution >= 0.6 is 0 Å². The van der Waals surface area contributed by atoms with Crippen molar-refractivity contribution >= 4 is 58.0 Å². The summed E-state index contributed by atoms with van der Waals surface area (Å²) < 4.78 is 21.6. The Morgan fingerprint density at radius 1 is 0.544 bits per heavy atom. The Hall–Kier alpha value is -6.50. The van der Waals surface area contributed by atoms with Crippen molar-refractivity contribution in [3.63, 3.8) is 0 Å². The first-order chi connectivity index (χ1) is 37.7. The zero-order valence-electron chi connectivity index (χ0n) is 48.0. The third-order valence-corrected chi connectivity index (χ3v) is 16.0. The third kappa shape index (κ3) is 15.5. The maximum absolute atomic E-state index is 14.6. The molecule has 0 radical (unpaired) electrons. The number of amides is 6. The van der Waals surface area contributed by atoms with Crippen molar-refractivity contribution in [1.29, 1.82) is 0 Å². The zero-order valence-corrected chi connectivity index (χ0v) is 48.0. The van der Waals surface area contributed by atoms with E-state index < -0.39 is 47.7 Å². The van der Waals surface area contributed by atoms with Gasteiger partial charge in [-0.3, -0.25) is 9.59 Å². The van der Waals surface area contributed by atoms with Crippen LogP contribution in [0.2, 0.25) is 0 Å². The second kappa shape index (κ2) is 26.2. The number of hydrogen-bond acceptors (Lipinski definition) is 11. The average molecular weight is 1100 g/mol. The summed E-state index contributed by atoms with van der Waals surface area (Å²) in [5, 5.41) is 9.54. The number of hydrogen-bond donors (Lipinski definition) is 2. The number of carbonyl (C=O) groups excluding carboxylic acids is 6. The standard InChI is InChI=1S/C60H86N8O11/c1-59(2,3)76-57(73)63(7)78-55(71)61-51(41-21-11-9-12-22-41)53(69)67-31-19-25-45(67)37-43-39-65(49-29-17-15-27-47(43)49)33-35-75-36-34-66-40-44(48-28-16-18-30-50(48)66)38-46-26-20-32-68(46)54(70)52(42-23-13-10-14-24-42)62-56(72)79-64(8)58(74)77-60(4,5)6/h15-18,27-30,39-42,45-46,51-52H,9-14,19-26,31-38H2,1-8H3,(H,61,71)(H,62,72)/t45-,46-,51-,52-/m0/s1. The topological polar surface area (TPSA) is 195 Å². The van der Waals surface area contributed by atoms with Crippen LogP contribution in [-0.4, -0.2) is 141 Å². The Labute approximate surface area is 465 Å². The maximum atomic E-state index is 14.6. The minimum absolute atomic E-state index is 0.0412. The van der Waals surface area contributed by atoms with Gasteiger partial charge in [0.25, 0.3) is 0 Å². The van der Waals surface area contributed by atoms with Gasteiger partial charge in [-0.1, -0.05) is 74.9 Å². The average Bonchev–Trinajstić information content (AvgIpc) is 4.23. The molecule has 19 heteroatoms. The molecular weight excluding hydrogens is 1010 g/mol. The molecule has 2 aromatic heterocycles. The molecule has 79 heavy (non-hydrogen) atoms. The van der Waals surface area contributed by atoms with Crippen LogP contribution < -0.4 is 10.6 Å². The number of likely N-dealkylation sites (tertiary alicyclic amines) is 2. The van der Waals surface area contributed by atoms with Gasteiger partial charge in [0, 0.05) is 72.5 Å². The van der Waals surface area contributed by atoms with E-state index in [0.29, 0.717) is 52.2 Å². The molecule has 2 aromatic carbocycles.